The number of carbonyl (C=O) groups excluding carboxylic acids is 2. The topological polar surface area (TPSA) is 76.7 Å². The van der Waals surface area contributed by atoms with Crippen molar-refractivity contribution in [1.29, 1.82) is 0 Å². The Kier molecular flexibility index (Phi) is 5.95. The van der Waals surface area contributed by atoms with E-state index in [2.05, 4.69) is 4.74 Å². The maximum Gasteiger partial charge on any atom is 0.313 e. The molecule has 20 heavy (non-hydrogen) atoms. The molecule has 1 heterocycles. The van der Waals surface area contributed by atoms with Crippen LogP contribution in [0.1, 0.15) is 38.9 Å². The highest BCUT2D eigenvalue weighted by atomic mass is 16.5. The van der Waals surface area contributed by atoms with Gasteiger partial charge in [0, 0.05) is 12.8 Å². The number of carbonyl (C=O) groups is 2. The average molecular weight is 282 g/mol. The van der Waals surface area contributed by atoms with Crippen LogP contribution in [0.15, 0.2) is 22.8 Å². The molecule has 1 N–H and O–H groups in total. The molecule has 1 atom stereocenters. The molecule has 0 bridgehead atoms. The summed E-state index contributed by atoms with van der Waals surface area (Å²) in [5.41, 5.74) is -1.14. The van der Waals surface area contributed by atoms with Crippen molar-refractivity contribution in [3.8, 4) is 0 Å². The summed E-state index contributed by atoms with van der Waals surface area (Å²) in [6.45, 7) is 3.71. The zero-order valence-electron chi connectivity index (χ0n) is 12.2. The standard InChI is InChI=1S/C15H22O5/c1-11(2)15(18,7-6-13-5-4-8-20-13)10-12(16)9-14(17)19-3/h4-5,8,11,18H,6-7,9-10H2,1-3H3. The number of esters is 1. The van der Waals surface area contributed by atoms with E-state index in [1.165, 1.54) is 7.11 Å². The number of ether oxygens (including phenoxy) is 1. The summed E-state index contributed by atoms with van der Waals surface area (Å²) < 4.78 is 9.68. The molecule has 0 fully saturated rings. The van der Waals surface area contributed by atoms with Crippen LogP contribution < -0.4 is 0 Å². The van der Waals surface area contributed by atoms with E-state index in [1.54, 1.807) is 12.3 Å². The monoisotopic (exact) mass is 282 g/mol. The van der Waals surface area contributed by atoms with Gasteiger partial charge in [0.15, 0.2) is 0 Å². The molecule has 0 aliphatic carbocycles. The van der Waals surface area contributed by atoms with Gasteiger partial charge in [-0.3, -0.25) is 9.59 Å². The molecule has 112 valence electrons. The van der Waals surface area contributed by atoms with Crippen molar-refractivity contribution in [2.45, 2.75) is 45.1 Å². The zero-order chi connectivity index (χ0) is 15.2. The van der Waals surface area contributed by atoms with E-state index in [9.17, 15) is 14.7 Å². The number of methoxy groups -OCH3 is 1. The van der Waals surface area contributed by atoms with Gasteiger partial charge in [0.1, 0.15) is 18.0 Å². The Morgan fingerprint density at radius 3 is 2.65 bits per heavy atom. The highest BCUT2D eigenvalue weighted by Crippen LogP contribution is 2.28. The van der Waals surface area contributed by atoms with Crippen LogP contribution in [-0.2, 0) is 20.7 Å². The number of ketones is 1. The Morgan fingerprint density at radius 1 is 1.45 bits per heavy atom. The Morgan fingerprint density at radius 2 is 2.15 bits per heavy atom. The molecule has 0 saturated heterocycles. The third-order valence-corrected chi connectivity index (χ3v) is 3.53. The lowest BCUT2D eigenvalue weighted by Crippen LogP contribution is -2.38. The summed E-state index contributed by atoms with van der Waals surface area (Å²) >= 11 is 0. The third kappa shape index (κ3) is 4.81. The van der Waals surface area contributed by atoms with Gasteiger partial charge in [-0.1, -0.05) is 13.8 Å². The van der Waals surface area contributed by atoms with E-state index in [4.69, 9.17) is 4.42 Å². The fraction of sp³-hybridized carbons (Fsp3) is 0.600. The Labute approximate surface area is 118 Å². The smallest absolute Gasteiger partial charge is 0.313 e. The van der Waals surface area contributed by atoms with E-state index in [0.29, 0.717) is 12.8 Å². The minimum atomic E-state index is -1.14. The Hall–Kier alpha value is -1.62. The van der Waals surface area contributed by atoms with Crippen molar-refractivity contribution < 1.29 is 23.8 Å². The fourth-order valence-electron chi connectivity index (χ4n) is 2.01. The Balaban J connectivity index is 2.61. The summed E-state index contributed by atoms with van der Waals surface area (Å²) in [5.74, 6) is -0.219. The molecule has 1 aromatic rings. The van der Waals surface area contributed by atoms with E-state index >= 15 is 0 Å². The van der Waals surface area contributed by atoms with Gasteiger partial charge >= 0.3 is 5.97 Å². The summed E-state index contributed by atoms with van der Waals surface area (Å²) in [6, 6.07) is 3.61. The molecular weight excluding hydrogens is 260 g/mol. The van der Waals surface area contributed by atoms with Gasteiger partial charge < -0.3 is 14.3 Å². The lowest BCUT2D eigenvalue weighted by molar-refractivity contribution is -0.144. The van der Waals surface area contributed by atoms with Crippen molar-refractivity contribution in [3.05, 3.63) is 24.2 Å². The van der Waals surface area contributed by atoms with Crippen molar-refractivity contribution in [3.63, 3.8) is 0 Å². The second kappa shape index (κ2) is 7.24. The van der Waals surface area contributed by atoms with Crippen LogP contribution in [0.3, 0.4) is 0 Å². The van der Waals surface area contributed by atoms with E-state index in [0.717, 1.165) is 5.76 Å². The van der Waals surface area contributed by atoms with Gasteiger partial charge in [-0.2, -0.15) is 0 Å². The zero-order valence-corrected chi connectivity index (χ0v) is 12.2. The van der Waals surface area contributed by atoms with Gasteiger partial charge in [0.2, 0.25) is 0 Å². The molecule has 0 spiro atoms. The van der Waals surface area contributed by atoms with Gasteiger partial charge in [-0.15, -0.1) is 0 Å². The second-order valence-electron chi connectivity index (χ2n) is 5.31. The van der Waals surface area contributed by atoms with E-state index < -0.39 is 11.6 Å². The van der Waals surface area contributed by atoms with Crippen LogP contribution >= 0.6 is 0 Å². The lowest BCUT2D eigenvalue weighted by atomic mass is 9.81. The average Bonchev–Trinajstić information content (AvgIpc) is 2.89. The molecule has 0 aliphatic rings. The summed E-state index contributed by atoms with van der Waals surface area (Å²) in [6.07, 6.45) is 2.18. The normalized spacial score (nSPS) is 14.1. The van der Waals surface area contributed by atoms with Crippen LogP contribution in [0.2, 0.25) is 0 Å². The molecule has 0 radical (unpaired) electrons. The highest BCUT2D eigenvalue weighted by molar-refractivity contribution is 5.95. The second-order valence-corrected chi connectivity index (χ2v) is 5.31. The number of aliphatic hydroxyl groups is 1. The predicted molar refractivity (Wildman–Crippen MR) is 73.1 cm³/mol. The maximum absolute atomic E-state index is 11.8. The Bertz CT molecular complexity index is 435. The quantitative estimate of drug-likeness (QED) is 0.584. The van der Waals surface area contributed by atoms with Gasteiger partial charge in [-0.05, 0) is 24.5 Å². The predicted octanol–water partition coefficient (Wildman–Crippen LogP) is 2.12. The van der Waals surface area contributed by atoms with Crippen LogP contribution in [0, 0.1) is 5.92 Å². The number of Topliss-reactive ketones (excluding diaryl/α,β-unsaturated/α-hetero) is 1. The van der Waals surface area contributed by atoms with Crippen LogP contribution in [-0.4, -0.2) is 29.6 Å². The summed E-state index contributed by atoms with van der Waals surface area (Å²) in [5, 5.41) is 10.6. The maximum atomic E-state index is 11.8. The van der Waals surface area contributed by atoms with Crippen molar-refractivity contribution >= 4 is 11.8 Å². The first-order valence-corrected chi connectivity index (χ1v) is 6.70. The lowest BCUT2D eigenvalue weighted by Gasteiger charge is -2.31. The molecule has 1 rings (SSSR count). The van der Waals surface area contributed by atoms with Crippen molar-refractivity contribution in [2.24, 2.45) is 5.92 Å². The number of rotatable bonds is 8. The molecule has 0 amide bonds. The largest absolute Gasteiger partial charge is 0.469 e. The van der Waals surface area contributed by atoms with Gasteiger partial charge in [0.25, 0.3) is 0 Å². The molecule has 5 nitrogen and oxygen atoms in total. The van der Waals surface area contributed by atoms with Crippen LogP contribution in [0.5, 0.6) is 0 Å². The molecule has 1 aromatic heterocycles. The number of furan rings is 1. The van der Waals surface area contributed by atoms with Crippen molar-refractivity contribution in [2.75, 3.05) is 7.11 Å². The third-order valence-electron chi connectivity index (χ3n) is 3.53. The number of aryl methyl sites for hydroxylation is 1. The molecule has 5 heteroatoms. The molecule has 1 unspecified atom stereocenters. The summed E-state index contributed by atoms with van der Waals surface area (Å²) in [7, 11) is 1.24. The first-order chi connectivity index (χ1) is 9.37. The SMILES string of the molecule is COC(=O)CC(=O)CC(O)(CCc1ccco1)C(C)C. The molecule has 0 aliphatic heterocycles. The molecule has 0 aromatic carbocycles. The van der Waals surface area contributed by atoms with Crippen LogP contribution in [0.4, 0.5) is 0 Å². The van der Waals surface area contributed by atoms with Crippen LogP contribution in [0.25, 0.3) is 0 Å². The molecular formula is C15H22O5. The number of hydrogen-bond acceptors (Lipinski definition) is 5. The fourth-order valence-corrected chi connectivity index (χ4v) is 2.01. The first kappa shape index (κ1) is 16.4. The van der Waals surface area contributed by atoms with E-state index in [1.807, 2.05) is 19.9 Å². The van der Waals surface area contributed by atoms with Crippen molar-refractivity contribution in [1.82, 2.24) is 0 Å². The minimum Gasteiger partial charge on any atom is -0.469 e. The van der Waals surface area contributed by atoms with E-state index in [-0.39, 0.29) is 24.5 Å². The minimum absolute atomic E-state index is 0.0551. The highest BCUT2D eigenvalue weighted by Gasteiger charge is 2.34. The summed E-state index contributed by atoms with van der Waals surface area (Å²) in [4.78, 5) is 22.9. The van der Waals surface area contributed by atoms with Gasteiger partial charge in [-0.25, -0.2) is 0 Å². The number of hydrogen-bond donors (Lipinski definition) is 1. The van der Waals surface area contributed by atoms with Gasteiger partial charge in [0.05, 0.1) is 19.0 Å². The molecule has 0 saturated carbocycles. The first-order valence-electron chi connectivity index (χ1n) is 6.70.